The van der Waals surface area contributed by atoms with E-state index in [9.17, 15) is 27.9 Å². The van der Waals surface area contributed by atoms with Gasteiger partial charge < -0.3 is 15.7 Å². The molecule has 5 nitrogen and oxygen atoms in total. The van der Waals surface area contributed by atoms with Gasteiger partial charge in [0.2, 0.25) is 5.91 Å². The van der Waals surface area contributed by atoms with Gasteiger partial charge in [-0.05, 0) is 43.2 Å². The largest absolute Gasteiger partial charge is 0.480 e. The van der Waals surface area contributed by atoms with Gasteiger partial charge in [0, 0.05) is 12.6 Å². The molecule has 0 radical (unpaired) electrons. The summed E-state index contributed by atoms with van der Waals surface area (Å²) in [7, 11) is 0. The minimum atomic E-state index is -4.58. The van der Waals surface area contributed by atoms with Crippen molar-refractivity contribution in [3.63, 3.8) is 0 Å². The Kier molecular flexibility index (Phi) is 10.7. The van der Waals surface area contributed by atoms with Crippen LogP contribution in [0.25, 0.3) is 0 Å². The molecule has 1 aliphatic rings. The number of hydrogen-bond acceptors (Lipinski definition) is 3. The number of nitrogens with one attached hydrogen (secondary N) is 2. The van der Waals surface area contributed by atoms with E-state index >= 15 is 0 Å². The second-order valence-corrected chi connectivity index (χ2v) is 9.19. The second kappa shape index (κ2) is 13.0. The summed E-state index contributed by atoms with van der Waals surface area (Å²) in [5, 5.41) is 14.6. The maximum atomic E-state index is 12.4. The Bertz CT molecular complexity index is 752. The van der Waals surface area contributed by atoms with Crippen molar-refractivity contribution in [3.05, 3.63) is 35.4 Å². The Morgan fingerprint density at radius 3 is 2.24 bits per heavy atom. The predicted octanol–water partition coefficient (Wildman–Crippen LogP) is 5.37. The van der Waals surface area contributed by atoms with Gasteiger partial charge in [0.05, 0.1) is 0 Å². The number of carbonyl (C=O) groups excluding carboxylic acids is 1. The van der Waals surface area contributed by atoms with Crippen LogP contribution in [-0.2, 0) is 22.6 Å². The van der Waals surface area contributed by atoms with E-state index in [1.807, 2.05) is 12.1 Å². The molecule has 33 heavy (non-hydrogen) atoms. The first kappa shape index (κ1) is 27.2. The molecule has 186 valence electrons. The third kappa shape index (κ3) is 8.99. The number of amides is 1. The van der Waals surface area contributed by atoms with Crippen molar-refractivity contribution in [2.75, 3.05) is 6.54 Å². The fourth-order valence-corrected chi connectivity index (χ4v) is 4.44. The molecule has 1 aromatic carbocycles. The molecule has 2 atom stereocenters. The van der Waals surface area contributed by atoms with Crippen LogP contribution in [0.2, 0.25) is 0 Å². The number of rotatable bonds is 14. The topological polar surface area (TPSA) is 78.4 Å². The van der Waals surface area contributed by atoms with Crippen LogP contribution in [0.5, 0.6) is 0 Å². The molecule has 0 aromatic heterocycles. The van der Waals surface area contributed by atoms with Gasteiger partial charge >= 0.3 is 12.1 Å². The van der Waals surface area contributed by atoms with Gasteiger partial charge in [-0.2, -0.15) is 13.2 Å². The molecule has 1 saturated carbocycles. The zero-order valence-corrected chi connectivity index (χ0v) is 19.5. The molecule has 0 bridgehead atoms. The van der Waals surface area contributed by atoms with Crippen LogP contribution in [-0.4, -0.2) is 35.7 Å². The number of carboxylic acids is 1. The zero-order valence-electron chi connectivity index (χ0n) is 19.5. The van der Waals surface area contributed by atoms with Gasteiger partial charge in [-0.25, -0.2) is 0 Å². The van der Waals surface area contributed by atoms with Crippen molar-refractivity contribution in [1.29, 1.82) is 0 Å². The summed E-state index contributed by atoms with van der Waals surface area (Å²) < 4.78 is 37.2. The average Bonchev–Trinajstić information content (AvgIpc) is 3.21. The third-order valence-electron chi connectivity index (χ3n) is 6.49. The molecule has 0 spiro atoms. The van der Waals surface area contributed by atoms with Gasteiger partial charge in [-0.1, -0.05) is 69.7 Å². The molecule has 1 aromatic rings. The van der Waals surface area contributed by atoms with E-state index in [4.69, 9.17) is 0 Å². The summed E-state index contributed by atoms with van der Waals surface area (Å²) in [5.74, 6) is -2.44. The highest BCUT2D eigenvalue weighted by atomic mass is 19.4. The second-order valence-electron chi connectivity index (χ2n) is 9.19. The Labute approximate surface area is 194 Å². The monoisotopic (exact) mass is 470 g/mol. The molecule has 2 rings (SSSR count). The maximum Gasteiger partial charge on any atom is 0.405 e. The van der Waals surface area contributed by atoms with Crippen LogP contribution < -0.4 is 10.6 Å². The van der Waals surface area contributed by atoms with Crippen LogP contribution in [0.3, 0.4) is 0 Å². The van der Waals surface area contributed by atoms with Gasteiger partial charge in [0.1, 0.15) is 12.0 Å². The highest BCUT2D eigenvalue weighted by Crippen LogP contribution is 2.39. The van der Waals surface area contributed by atoms with E-state index in [0.717, 1.165) is 12.0 Å². The van der Waals surface area contributed by atoms with E-state index in [1.54, 1.807) is 5.32 Å². The molecule has 0 aliphatic heterocycles. The molecule has 8 heteroatoms. The van der Waals surface area contributed by atoms with E-state index < -0.39 is 30.0 Å². The number of unbranched alkanes of at least 4 members (excludes halogenated alkanes) is 6. The van der Waals surface area contributed by atoms with Gasteiger partial charge in [-0.15, -0.1) is 0 Å². The van der Waals surface area contributed by atoms with E-state index in [2.05, 4.69) is 24.4 Å². The molecule has 1 amide bonds. The molecule has 0 saturated heterocycles. The Morgan fingerprint density at radius 1 is 1.03 bits per heavy atom. The minimum absolute atomic E-state index is 0.0150. The van der Waals surface area contributed by atoms with Gasteiger partial charge in [0.15, 0.2) is 0 Å². The summed E-state index contributed by atoms with van der Waals surface area (Å²) in [6, 6.07) is 8.05. The quantitative estimate of drug-likeness (QED) is 0.252. The summed E-state index contributed by atoms with van der Waals surface area (Å²) in [6.07, 6.45) is 5.82. The minimum Gasteiger partial charge on any atom is -0.480 e. The number of alkyl halides is 3. The zero-order chi connectivity index (χ0) is 24.3. The SMILES string of the molecule is CCCCCCCCCc1ccc(CNC2CCC(C(=O)O)(C(=O)NCC(F)(F)F)C2)cc1. The highest BCUT2D eigenvalue weighted by Gasteiger charge is 2.52. The van der Waals surface area contributed by atoms with Crippen molar-refractivity contribution in [3.8, 4) is 0 Å². The van der Waals surface area contributed by atoms with Crippen LogP contribution in [0.4, 0.5) is 13.2 Å². The normalized spacial score (nSPS) is 20.7. The number of aliphatic carboxylic acids is 1. The first-order valence-corrected chi connectivity index (χ1v) is 12.1. The van der Waals surface area contributed by atoms with E-state index in [0.29, 0.717) is 13.0 Å². The van der Waals surface area contributed by atoms with E-state index in [1.165, 1.54) is 50.5 Å². The fraction of sp³-hybridized carbons (Fsp3) is 0.680. The van der Waals surface area contributed by atoms with Crippen LogP contribution >= 0.6 is 0 Å². The smallest absolute Gasteiger partial charge is 0.405 e. The fourth-order valence-electron chi connectivity index (χ4n) is 4.44. The molecule has 2 unspecified atom stereocenters. The van der Waals surface area contributed by atoms with Crippen molar-refractivity contribution < 1.29 is 27.9 Å². The summed E-state index contributed by atoms with van der Waals surface area (Å²) in [5.41, 5.74) is 0.524. The lowest BCUT2D eigenvalue weighted by Gasteiger charge is -2.24. The number of halogens is 3. The summed E-state index contributed by atoms with van der Waals surface area (Å²) >= 11 is 0. The molecular weight excluding hydrogens is 433 g/mol. The van der Waals surface area contributed by atoms with E-state index in [-0.39, 0.29) is 18.9 Å². The van der Waals surface area contributed by atoms with Crippen LogP contribution in [0.1, 0.15) is 82.3 Å². The molecular formula is C25H37F3N2O3. The Morgan fingerprint density at radius 2 is 1.64 bits per heavy atom. The Hall–Kier alpha value is -2.09. The first-order chi connectivity index (χ1) is 15.7. The third-order valence-corrected chi connectivity index (χ3v) is 6.49. The van der Waals surface area contributed by atoms with Crippen molar-refractivity contribution in [1.82, 2.24) is 10.6 Å². The number of carboxylic acid groups (broad SMARTS) is 1. The predicted molar refractivity (Wildman–Crippen MR) is 122 cm³/mol. The van der Waals surface area contributed by atoms with Gasteiger partial charge in [-0.3, -0.25) is 9.59 Å². The standard InChI is InChI=1S/C25H37F3N2O3/c1-2-3-4-5-6-7-8-9-19-10-12-20(13-11-19)17-29-21-14-15-24(16-21,23(32)33)22(31)30-18-25(26,27)28/h10-13,21,29H,2-9,14-18H2,1H3,(H,30,31)(H,32,33). The average molecular weight is 471 g/mol. The van der Waals surface area contributed by atoms with Crippen molar-refractivity contribution >= 4 is 11.9 Å². The number of aryl methyl sites for hydroxylation is 1. The molecule has 1 aliphatic carbocycles. The number of carbonyl (C=O) groups is 2. The molecule has 3 N–H and O–H groups in total. The lowest BCUT2D eigenvalue weighted by Crippen LogP contribution is -2.48. The lowest BCUT2D eigenvalue weighted by atomic mass is 9.85. The number of benzene rings is 1. The summed E-state index contributed by atoms with van der Waals surface area (Å²) in [6.45, 7) is 1.21. The maximum absolute atomic E-state index is 12.4. The number of hydrogen-bond donors (Lipinski definition) is 3. The lowest BCUT2D eigenvalue weighted by molar-refractivity contribution is -0.159. The Balaban J connectivity index is 1.76. The van der Waals surface area contributed by atoms with Gasteiger partial charge in [0.25, 0.3) is 0 Å². The van der Waals surface area contributed by atoms with Crippen LogP contribution in [0.15, 0.2) is 24.3 Å². The van der Waals surface area contributed by atoms with Crippen molar-refractivity contribution in [2.24, 2.45) is 5.41 Å². The van der Waals surface area contributed by atoms with Crippen molar-refractivity contribution in [2.45, 2.75) is 96.3 Å². The summed E-state index contributed by atoms with van der Waals surface area (Å²) in [4.78, 5) is 24.0. The molecule has 0 heterocycles. The molecule has 1 fully saturated rings. The van der Waals surface area contributed by atoms with Crippen LogP contribution in [0, 0.1) is 5.41 Å². The highest BCUT2D eigenvalue weighted by molar-refractivity contribution is 6.02. The first-order valence-electron chi connectivity index (χ1n) is 12.1.